The predicted octanol–water partition coefficient (Wildman–Crippen LogP) is 1.86. The molecular weight excluding hydrogens is 408 g/mol. The number of sulfone groups is 1. The second-order valence-corrected chi connectivity index (χ2v) is 8.38. The first kappa shape index (κ1) is 21.0. The number of rotatable bonds is 5. The summed E-state index contributed by atoms with van der Waals surface area (Å²) in [4.78, 5) is 41.0. The zero-order valence-electron chi connectivity index (χ0n) is 16.4. The SMILES string of the molecule is CC(=O)Nc1cc(S(C)(=O)=O)ccc1C(=O)Nc1nc(C)nc(-c2ccccn2)n1. The molecule has 0 unspecified atom stereocenters. The van der Waals surface area contributed by atoms with Crippen LogP contribution in [0, 0.1) is 6.92 Å². The summed E-state index contributed by atoms with van der Waals surface area (Å²) in [5, 5.41) is 5.03. The van der Waals surface area contributed by atoms with E-state index in [9.17, 15) is 18.0 Å². The molecule has 0 aliphatic heterocycles. The summed E-state index contributed by atoms with van der Waals surface area (Å²) >= 11 is 0. The van der Waals surface area contributed by atoms with Gasteiger partial charge in [-0.3, -0.25) is 19.9 Å². The molecule has 1 aromatic carbocycles. The van der Waals surface area contributed by atoms with Gasteiger partial charge in [-0.1, -0.05) is 6.07 Å². The average Bonchev–Trinajstić information content (AvgIpc) is 2.67. The number of hydrogen-bond donors (Lipinski definition) is 2. The highest BCUT2D eigenvalue weighted by Crippen LogP contribution is 2.22. The zero-order chi connectivity index (χ0) is 21.9. The maximum Gasteiger partial charge on any atom is 0.260 e. The van der Waals surface area contributed by atoms with Crippen molar-refractivity contribution < 1.29 is 18.0 Å². The van der Waals surface area contributed by atoms with Gasteiger partial charge in [0.15, 0.2) is 15.7 Å². The minimum atomic E-state index is -3.53. The normalized spacial score (nSPS) is 11.0. The van der Waals surface area contributed by atoms with Gasteiger partial charge in [0.2, 0.25) is 11.9 Å². The van der Waals surface area contributed by atoms with Crippen LogP contribution in [0.3, 0.4) is 0 Å². The Balaban J connectivity index is 1.96. The maximum absolute atomic E-state index is 12.8. The largest absolute Gasteiger partial charge is 0.326 e. The van der Waals surface area contributed by atoms with Gasteiger partial charge in [-0.25, -0.2) is 13.4 Å². The fourth-order valence-electron chi connectivity index (χ4n) is 2.56. The van der Waals surface area contributed by atoms with Crippen LogP contribution in [0.5, 0.6) is 0 Å². The summed E-state index contributed by atoms with van der Waals surface area (Å²) < 4.78 is 23.6. The van der Waals surface area contributed by atoms with Crippen molar-refractivity contribution in [2.45, 2.75) is 18.7 Å². The summed E-state index contributed by atoms with van der Waals surface area (Å²) in [5.74, 6) is -0.433. The van der Waals surface area contributed by atoms with E-state index < -0.39 is 21.7 Å². The second kappa shape index (κ2) is 8.33. The van der Waals surface area contributed by atoms with Crippen molar-refractivity contribution in [2.24, 2.45) is 0 Å². The van der Waals surface area contributed by atoms with Crippen molar-refractivity contribution in [3.63, 3.8) is 0 Å². The van der Waals surface area contributed by atoms with E-state index in [-0.39, 0.29) is 27.9 Å². The predicted molar refractivity (Wildman–Crippen MR) is 110 cm³/mol. The highest BCUT2D eigenvalue weighted by molar-refractivity contribution is 7.90. The Bertz CT molecular complexity index is 1230. The monoisotopic (exact) mass is 426 g/mol. The van der Waals surface area contributed by atoms with E-state index in [1.165, 1.54) is 25.1 Å². The van der Waals surface area contributed by atoms with Crippen LogP contribution >= 0.6 is 0 Å². The maximum atomic E-state index is 12.8. The Labute approximate surface area is 172 Å². The minimum Gasteiger partial charge on any atom is -0.326 e. The molecule has 0 radical (unpaired) electrons. The lowest BCUT2D eigenvalue weighted by Crippen LogP contribution is -2.19. The van der Waals surface area contributed by atoms with Crippen molar-refractivity contribution in [3.8, 4) is 11.5 Å². The van der Waals surface area contributed by atoms with Crippen molar-refractivity contribution in [3.05, 3.63) is 54.0 Å². The summed E-state index contributed by atoms with van der Waals surface area (Å²) in [6.07, 6.45) is 2.63. The molecule has 0 fully saturated rings. The molecule has 0 atom stereocenters. The molecule has 3 rings (SSSR count). The van der Waals surface area contributed by atoms with E-state index in [1.807, 2.05) is 0 Å². The number of aromatic nitrogens is 4. The lowest BCUT2D eigenvalue weighted by Gasteiger charge is -2.12. The van der Waals surface area contributed by atoms with E-state index in [0.717, 1.165) is 6.26 Å². The highest BCUT2D eigenvalue weighted by Gasteiger charge is 2.18. The van der Waals surface area contributed by atoms with Crippen LogP contribution < -0.4 is 10.6 Å². The minimum absolute atomic E-state index is 0.00545. The topological polar surface area (TPSA) is 144 Å². The summed E-state index contributed by atoms with van der Waals surface area (Å²) in [5.41, 5.74) is 0.614. The molecule has 0 spiro atoms. The van der Waals surface area contributed by atoms with Gasteiger partial charge in [0.25, 0.3) is 5.91 Å². The number of aryl methyl sites for hydroxylation is 1. The van der Waals surface area contributed by atoms with Crippen molar-refractivity contribution in [1.29, 1.82) is 0 Å². The van der Waals surface area contributed by atoms with Crippen molar-refractivity contribution >= 4 is 33.3 Å². The number of carbonyl (C=O) groups is 2. The first-order valence-electron chi connectivity index (χ1n) is 8.70. The van der Waals surface area contributed by atoms with Crippen LogP contribution in [0.25, 0.3) is 11.5 Å². The number of carbonyl (C=O) groups excluding carboxylic acids is 2. The summed E-state index contributed by atoms with van der Waals surface area (Å²) in [7, 11) is -3.53. The Morgan fingerprint density at radius 2 is 1.77 bits per heavy atom. The Hall–Kier alpha value is -3.73. The number of nitrogens with one attached hydrogen (secondary N) is 2. The first-order chi connectivity index (χ1) is 14.1. The van der Waals surface area contributed by atoms with E-state index in [4.69, 9.17) is 0 Å². The molecule has 2 aromatic heterocycles. The van der Waals surface area contributed by atoms with Crippen molar-refractivity contribution in [2.75, 3.05) is 16.9 Å². The molecule has 0 saturated heterocycles. The third-order valence-corrected chi connectivity index (χ3v) is 4.95. The zero-order valence-corrected chi connectivity index (χ0v) is 17.2. The van der Waals surface area contributed by atoms with Crippen LogP contribution in [0.15, 0.2) is 47.5 Å². The van der Waals surface area contributed by atoms with Gasteiger partial charge in [0.1, 0.15) is 11.5 Å². The van der Waals surface area contributed by atoms with E-state index in [1.54, 1.807) is 31.3 Å². The third kappa shape index (κ3) is 5.00. The Morgan fingerprint density at radius 1 is 1.00 bits per heavy atom. The number of benzene rings is 1. The molecule has 2 heterocycles. The first-order valence-corrected chi connectivity index (χ1v) is 10.6. The lowest BCUT2D eigenvalue weighted by atomic mass is 10.1. The van der Waals surface area contributed by atoms with Crippen LogP contribution in [-0.4, -0.2) is 46.4 Å². The second-order valence-electron chi connectivity index (χ2n) is 6.36. The average molecular weight is 426 g/mol. The van der Waals surface area contributed by atoms with Gasteiger partial charge in [-0.15, -0.1) is 0 Å². The Morgan fingerprint density at radius 3 is 2.40 bits per heavy atom. The molecule has 154 valence electrons. The molecule has 30 heavy (non-hydrogen) atoms. The van der Waals surface area contributed by atoms with Crippen LogP contribution in [-0.2, 0) is 14.6 Å². The summed E-state index contributed by atoms with van der Waals surface area (Å²) in [6.45, 7) is 2.90. The molecule has 0 aliphatic carbocycles. The third-order valence-electron chi connectivity index (χ3n) is 3.84. The van der Waals surface area contributed by atoms with Crippen molar-refractivity contribution in [1.82, 2.24) is 19.9 Å². The Kier molecular flexibility index (Phi) is 5.83. The smallest absolute Gasteiger partial charge is 0.260 e. The van der Waals surface area contributed by atoms with Crippen LogP contribution in [0.4, 0.5) is 11.6 Å². The van der Waals surface area contributed by atoms with E-state index in [2.05, 4.69) is 30.6 Å². The van der Waals surface area contributed by atoms with Gasteiger partial charge in [0, 0.05) is 19.4 Å². The number of pyridine rings is 1. The molecule has 2 amide bonds. The molecule has 0 aliphatic rings. The van der Waals surface area contributed by atoms with E-state index >= 15 is 0 Å². The van der Waals surface area contributed by atoms with Gasteiger partial charge in [0.05, 0.1) is 16.1 Å². The van der Waals surface area contributed by atoms with Gasteiger partial charge < -0.3 is 5.32 Å². The molecule has 0 saturated carbocycles. The van der Waals surface area contributed by atoms with Crippen LogP contribution in [0.1, 0.15) is 23.1 Å². The number of anilines is 2. The van der Waals surface area contributed by atoms with E-state index in [0.29, 0.717) is 11.5 Å². The quantitative estimate of drug-likeness (QED) is 0.629. The molecule has 0 bridgehead atoms. The van der Waals surface area contributed by atoms with Gasteiger partial charge in [-0.05, 0) is 37.3 Å². The highest BCUT2D eigenvalue weighted by atomic mass is 32.2. The molecule has 3 aromatic rings. The van der Waals surface area contributed by atoms with Gasteiger partial charge in [-0.2, -0.15) is 9.97 Å². The summed E-state index contributed by atoms with van der Waals surface area (Å²) in [6, 6.07) is 9.08. The lowest BCUT2D eigenvalue weighted by molar-refractivity contribution is -0.114. The fraction of sp³-hybridized carbons (Fsp3) is 0.158. The number of amides is 2. The number of hydrogen-bond acceptors (Lipinski definition) is 8. The molecule has 11 heteroatoms. The molecule has 10 nitrogen and oxygen atoms in total. The molecular formula is C19H18N6O4S. The van der Waals surface area contributed by atoms with Gasteiger partial charge >= 0.3 is 0 Å². The molecule has 2 N–H and O–H groups in total. The van der Waals surface area contributed by atoms with Crippen LogP contribution in [0.2, 0.25) is 0 Å². The fourth-order valence-corrected chi connectivity index (χ4v) is 3.21. The standard InChI is InChI=1S/C19H18N6O4S/c1-11-21-17(15-6-4-5-9-20-15)24-19(22-11)25-18(27)14-8-7-13(30(3,28)29)10-16(14)23-12(2)26/h4-10H,1-3H3,(H,23,26)(H,21,22,24,25,27). The number of nitrogens with zero attached hydrogens (tertiary/aromatic N) is 4.